The molecule has 0 aromatic carbocycles. The van der Waals surface area contributed by atoms with E-state index in [1.165, 1.54) is 11.3 Å². The summed E-state index contributed by atoms with van der Waals surface area (Å²) in [5.74, 6) is 0.0561. The summed E-state index contributed by atoms with van der Waals surface area (Å²) in [7, 11) is 0. The SMILES string of the molecule is O=C(O)Cc1cc(C=CCCS)cs1. The molecule has 0 bridgehead atoms. The summed E-state index contributed by atoms with van der Waals surface area (Å²) in [5, 5.41) is 10.5. The first-order valence-corrected chi connectivity index (χ1v) is 5.80. The molecule has 0 aliphatic rings. The van der Waals surface area contributed by atoms with E-state index in [2.05, 4.69) is 12.6 Å². The van der Waals surface area contributed by atoms with Gasteiger partial charge in [0.05, 0.1) is 6.42 Å². The first-order valence-electron chi connectivity index (χ1n) is 4.29. The van der Waals surface area contributed by atoms with Gasteiger partial charge in [-0.25, -0.2) is 0 Å². The van der Waals surface area contributed by atoms with Crippen LogP contribution in [0.25, 0.3) is 6.08 Å². The Hall–Kier alpha value is -0.740. The van der Waals surface area contributed by atoms with Crippen molar-refractivity contribution >= 4 is 36.0 Å². The zero-order chi connectivity index (χ0) is 10.4. The van der Waals surface area contributed by atoms with E-state index in [0.29, 0.717) is 0 Å². The Bertz CT molecular complexity index is 329. The van der Waals surface area contributed by atoms with E-state index in [-0.39, 0.29) is 6.42 Å². The number of carbonyl (C=O) groups is 1. The van der Waals surface area contributed by atoms with Gasteiger partial charge in [0.2, 0.25) is 0 Å². The van der Waals surface area contributed by atoms with Crippen LogP contribution in [0, 0.1) is 0 Å². The number of carboxylic acids is 1. The molecular formula is C10H12O2S2. The lowest BCUT2D eigenvalue weighted by Crippen LogP contribution is -1.97. The first kappa shape index (κ1) is 11.3. The van der Waals surface area contributed by atoms with E-state index in [4.69, 9.17) is 5.11 Å². The quantitative estimate of drug-likeness (QED) is 0.760. The van der Waals surface area contributed by atoms with Crippen molar-refractivity contribution in [3.8, 4) is 0 Å². The van der Waals surface area contributed by atoms with Crippen LogP contribution in [0.5, 0.6) is 0 Å². The van der Waals surface area contributed by atoms with Crippen molar-refractivity contribution in [3.63, 3.8) is 0 Å². The maximum atomic E-state index is 10.4. The number of thiophene rings is 1. The number of carboxylic acid groups (broad SMARTS) is 1. The molecule has 0 radical (unpaired) electrons. The zero-order valence-electron chi connectivity index (χ0n) is 7.64. The highest BCUT2D eigenvalue weighted by molar-refractivity contribution is 7.80. The van der Waals surface area contributed by atoms with Gasteiger partial charge in [0.15, 0.2) is 0 Å². The number of rotatable bonds is 5. The molecule has 0 unspecified atom stereocenters. The average Bonchev–Trinajstić information content (AvgIpc) is 2.52. The van der Waals surface area contributed by atoms with Crippen LogP contribution >= 0.6 is 24.0 Å². The minimum Gasteiger partial charge on any atom is -0.481 e. The lowest BCUT2D eigenvalue weighted by molar-refractivity contribution is -0.136. The fourth-order valence-corrected chi connectivity index (χ4v) is 2.01. The normalized spacial score (nSPS) is 10.9. The third kappa shape index (κ3) is 3.98. The molecule has 1 aromatic heterocycles. The fraction of sp³-hybridized carbons (Fsp3) is 0.300. The molecule has 1 aromatic rings. The summed E-state index contributed by atoms with van der Waals surface area (Å²) in [6.45, 7) is 0. The van der Waals surface area contributed by atoms with Crippen molar-refractivity contribution in [2.24, 2.45) is 0 Å². The van der Waals surface area contributed by atoms with Crippen LogP contribution in [0.2, 0.25) is 0 Å². The van der Waals surface area contributed by atoms with Gasteiger partial charge in [0.1, 0.15) is 0 Å². The van der Waals surface area contributed by atoms with E-state index in [1.807, 2.05) is 23.6 Å². The van der Waals surface area contributed by atoms with Gasteiger partial charge in [-0.2, -0.15) is 12.6 Å². The van der Waals surface area contributed by atoms with Crippen LogP contribution in [-0.4, -0.2) is 16.8 Å². The first-order chi connectivity index (χ1) is 6.72. The van der Waals surface area contributed by atoms with E-state index >= 15 is 0 Å². The molecule has 1 heterocycles. The van der Waals surface area contributed by atoms with Gasteiger partial charge in [-0.3, -0.25) is 4.79 Å². The molecule has 0 fully saturated rings. The number of allylic oxidation sites excluding steroid dienone is 1. The Labute approximate surface area is 92.7 Å². The second-order valence-electron chi connectivity index (χ2n) is 2.83. The minimum atomic E-state index is -0.780. The summed E-state index contributed by atoms with van der Waals surface area (Å²) in [6.07, 6.45) is 5.09. The van der Waals surface area contributed by atoms with Crippen LogP contribution in [0.1, 0.15) is 16.9 Å². The monoisotopic (exact) mass is 228 g/mol. The second-order valence-corrected chi connectivity index (χ2v) is 4.27. The third-order valence-electron chi connectivity index (χ3n) is 1.61. The smallest absolute Gasteiger partial charge is 0.308 e. The van der Waals surface area contributed by atoms with E-state index in [0.717, 1.165) is 22.6 Å². The van der Waals surface area contributed by atoms with Crippen LogP contribution in [0.3, 0.4) is 0 Å². The lowest BCUT2D eigenvalue weighted by atomic mass is 10.2. The molecule has 14 heavy (non-hydrogen) atoms. The summed E-state index contributed by atoms with van der Waals surface area (Å²) in [5.41, 5.74) is 1.08. The van der Waals surface area contributed by atoms with E-state index < -0.39 is 5.97 Å². The van der Waals surface area contributed by atoms with Gasteiger partial charge >= 0.3 is 5.97 Å². The molecule has 0 spiro atoms. The molecule has 1 N–H and O–H groups in total. The molecule has 0 amide bonds. The number of hydrogen-bond acceptors (Lipinski definition) is 3. The maximum absolute atomic E-state index is 10.4. The van der Waals surface area contributed by atoms with Gasteiger partial charge < -0.3 is 5.11 Å². The van der Waals surface area contributed by atoms with Crippen molar-refractivity contribution in [1.82, 2.24) is 0 Å². The zero-order valence-corrected chi connectivity index (χ0v) is 9.35. The van der Waals surface area contributed by atoms with Crippen LogP contribution in [0.4, 0.5) is 0 Å². The molecule has 0 saturated heterocycles. The minimum absolute atomic E-state index is 0.116. The van der Waals surface area contributed by atoms with Crippen molar-refractivity contribution in [2.45, 2.75) is 12.8 Å². The molecule has 0 aliphatic carbocycles. The van der Waals surface area contributed by atoms with Crippen LogP contribution in [0.15, 0.2) is 17.5 Å². The van der Waals surface area contributed by atoms with Gasteiger partial charge in [-0.15, -0.1) is 11.3 Å². The summed E-state index contributed by atoms with van der Waals surface area (Å²) in [6, 6.07) is 1.91. The Morgan fingerprint density at radius 3 is 3.07 bits per heavy atom. The standard InChI is InChI=1S/C10H12O2S2/c11-10(12)6-9-5-8(7-14-9)3-1-2-4-13/h1,3,5,7,13H,2,4,6H2,(H,11,12). The largest absolute Gasteiger partial charge is 0.481 e. The predicted octanol–water partition coefficient (Wildman–Crippen LogP) is 2.71. The molecule has 2 nitrogen and oxygen atoms in total. The number of thiol groups is 1. The third-order valence-corrected chi connectivity index (χ3v) is 2.82. The van der Waals surface area contributed by atoms with Crippen molar-refractivity contribution in [3.05, 3.63) is 28.0 Å². The summed E-state index contributed by atoms with van der Waals surface area (Å²) < 4.78 is 0. The maximum Gasteiger partial charge on any atom is 0.308 e. The number of aliphatic carboxylic acids is 1. The predicted molar refractivity (Wildman–Crippen MR) is 63.2 cm³/mol. The summed E-state index contributed by atoms with van der Waals surface area (Å²) >= 11 is 5.58. The van der Waals surface area contributed by atoms with E-state index in [9.17, 15) is 4.79 Å². The Balaban J connectivity index is 2.54. The lowest BCUT2D eigenvalue weighted by Gasteiger charge is -1.87. The topological polar surface area (TPSA) is 37.3 Å². The second kappa shape index (κ2) is 5.88. The molecular weight excluding hydrogens is 216 g/mol. The Morgan fingerprint density at radius 1 is 1.64 bits per heavy atom. The molecule has 0 saturated carbocycles. The van der Waals surface area contributed by atoms with Crippen molar-refractivity contribution < 1.29 is 9.90 Å². The van der Waals surface area contributed by atoms with Gasteiger partial charge in [0.25, 0.3) is 0 Å². The molecule has 1 rings (SSSR count). The fourth-order valence-electron chi connectivity index (χ4n) is 1.02. The molecule has 76 valence electrons. The summed E-state index contributed by atoms with van der Waals surface area (Å²) in [4.78, 5) is 11.3. The highest BCUT2D eigenvalue weighted by atomic mass is 32.1. The van der Waals surface area contributed by atoms with E-state index in [1.54, 1.807) is 0 Å². The Kier molecular flexibility index (Phi) is 4.76. The van der Waals surface area contributed by atoms with Crippen molar-refractivity contribution in [1.29, 1.82) is 0 Å². The van der Waals surface area contributed by atoms with Crippen molar-refractivity contribution in [2.75, 3.05) is 5.75 Å². The van der Waals surface area contributed by atoms with Crippen LogP contribution in [-0.2, 0) is 11.2 Å². The Morgan fingerprint density at radius 2 is 2.43 bits per heavy atom. The molecule has 4 heteroatoms. The number of hydrogen-bond donors (Lipinski definition) is 2. The van der Waals surface area contributed by atoms with Gasteiger partial charge in [0, 0.05) is 4.88 Å². The van der Waals surface area contributed by atoms with Gasteiger partial charge in [-0.1, -0.05) is 12.2 Å². The highest BCUT2D eigenvalue weighted by Crippen LogP contribution is 2.16. The molecule has 0 aliphatic heterocycles. The average molecular weight is 228 g/mol. The van der Waals surface area contributed by atoms with Gasteiger partial charge in [-0.05, 0) is 29.2 Å². The molecule has 0 atom stereocenters. The van der Waals surface area contributed by atoms with Crippen LogP contribution < -0.4 is 0 Å². The highest BCUT2D eigenvalue weighted by Gasteiger charge is 2.02.